The van der Waals surface area contributed by atoms with Crippen LogP contribution in [0.4, 0.5) is 16.4 Å². The fourth-order valence-electron chi connectivity index (χ4n) is 3.51. The first-order valence-electron chi connectivity index (χ1n) is 9.76. The zero-order chi connectivity index (χ0) is 20.4. The van der Waals surface area contributed by atoms with Crippen molar-refractivity contribution in [2.75, 3.05) is 23.8 Å². The lowest BCUT2D eigenvalue weighted by molar-refractivity contribution is 0.00917. The molecule has 0 spiro atoms. The van der Waals surface area contributed by atoms with Crippen LogP contribution in [0.15, 0.2) is 42.6 Å². The van der Waals surface area contributed by atoms with Crippen LogP contribution in [0.2, 0.25) is 0 Å². The number of carbonyl (C=O) groups is 1. The van der Waals surface area contributed by atoms with E-state index in [2.05, 4.69) is 41.4 Å². The first-order valence-corrected chi connectivity index (χ1v) is 9.76. The molecule has 2 aromatic rings. The Hall–Kier alpha value is -2.71. The summed E-state index contributed by atoms with van der Waals surface area (Å²) in [6.07, 6.45) is 0.216. The summed E-state index contributed by atoms with van der Waals surface area (Å²) in [4.78, 5) is 21.1. The first kappa shape index (κ1) is 19.6. The molecule has 0 radical (unpaired) electrons. The second-order valence-electron chi connectivity index (χ2n) is 8.30. The van der Waals surface area contributed by atoms with Crippen molar-refractivity contribution in [2.45, 2.75) is 50.5 Å². The van der Waals surface area contributed by atoms with Gasteiger partial charge in [-0.2, -0.15) is 0 Å². The van der Waals surface area contributed by atoms with Crippen molar-refractivity contribution in [3.63, 3.8) is 0 Å². The van der Waals surface area contributed by atoms with Crippen molar-refractivity contribution in [3.8, 4) is 0 Å². The molecule has 2 saturated heterocycles. The molecule has 1 aromatic heterocycles. The lowest BCUT2D eigenvalue weighted by Gasteiger charge is -2.20. The summed E-state index contributed by atoms with van der Waals surface area (Å²) < 4.78 is 17.3. The van der Waals surface area contributed by atoms with Gasteiger partial charge in [-0.1, -0.05) is 39.0 Å². The maximum absolute atomic E-state index is 12.2. The van der Waals surface area contributed by atoms with Gasteiger partial charge in [-0.15, -0.1) is 0 Å². The number of anilines is 2. The Morgan fingerprint density at radius 3 is 2.62 bits per heavy atom. The summed E-state index contributed by atoms with van der Waals surface area (Å²) in [6, 6.07) is 11.0. The molecule has 4 rings (SSSR count). The molecule has 2 fully saturated rings. The second kappa shape index (κ2) is 7.96. The van der Waals surface area contributed by atoms with Gasteiger partial charge in [0, 0.05) is 17.3 Å². The Kier molecular flexibility index (Phi) is 5.38. The summed E-state index contributed by atoms with van der Waals surface area (Å²) in [5, 5.41) is 6.02. The molecule has 1 amide bonds. The Labute approximate surface area is 170 Å². The number of benzene rings is 1. The molecule has 0 bridgehead atoms. The van der Waals surface area contributed by atoms with Gasteiger partial charge in [0.05, 0.1) is 24.9 Å². The van der Waals surface area contributed by atoms with Gasteiger partial charge < -0.3 is 19.5 Å². The molecule has 1 aromatic carbocycles. The van der Waals surface area contributed by atoms with Gasteiger partial charge in [-0.05, 0) is 18.2 Å². The van der Waals surface area contributed by atoms with Crippen LogP contribution in [0.5, 0.6) is 0 Å². The monoisotopic (exact) mass is 398 g/mol. The van der Waals surface area contributed by atoms with Crippen molar-refractivity contribution in [1.82, 2.24) is 9.97 Å². The molecule has 8 nitrogen and oxygen atoms in total. The van der Waals surface area contributed by atoms with Crippen LogP contribution in [-0.4, -0.2) is 53.6 Å². The van der Waals surface area contributed by atoms with E-state index in [0.717, 1.165) is 5.69 Å². The molecule has 2 aliphatic heterocycles. The van der Waals surface area contributed by atoms with Crippen molar-refractivity contribution in [3.05, 3.63) is 48.3 Å². The van der Waals surface area contributed by atoms with Gasteiger partial charge in [0.25, 0.3) is 0 Å². The van der Waals surface area contributed by atoms with Crippen molar-refractivity contribution >= 4 is 17.7 Å². The van der Waals surface area contributed by atoms with E-state index in [1.807, 2.05) is 24.3 Å². The van der Waals surface area contributed by atoms with E-state index < -0.39 is 12.2 Å². The summed E-state index contributed by atoms with van der Waals surface area (Å²) >= 11 is 0. The Morgan fingerprint density at radius 1 is 1.10 bits per heavy atom. The Balaban J connectivity index is 1.35. The molecule has 2 N–H and O–H groups in total. The lowest BCUT2D eigenvalue weighted by Crippen LogP contribution is -2.38. The quantitative estimate of drug-likeness (QED) is 0.818. The molecule has 4 unspecified atom stereocenters. The number of carbonyl (C=O) groups excluding carboxylic acids is 1. The van der Waals surface area contributed by atoms with Crippen molar-refractivity contribution in [2.24, 2.45) is 0 Å². The van der Waals surface area contributed by atoms with E-state index >= 15 is 0 Å². The van der Waals surface area contributed by atoms with Crippen LogP contribution in [0, 0.1) is 0 Å². The summed E-state index contributed by atoms with van der Waals surface area (Å²) in [6.45, 7) is 7.04. The van der Waals surface area contributed by atoms with E-state index in [0.29, 0.717) is 24.8 Å². The van der Waals surface area contributed by atoms with E-state index in [9.17, 15) is 4.79 Å². The highest BCUT2D eigenvalue weighted by Crippen LogP contribution is 2.31. The maximum atomic E-state index is 12.2. The third-order valence-corrected chi connectivity index (χ3v) is 5.03. The molecule has 154 valence electrons. The molecule has 2 aliphatic rings. The summed E-state index contributed by atoms with van der Waals surface area (Å²) in [5.74, 6) is 0.543. The van der Waals surface area contributed by atoms with Gasteiger partial charge in [-0.3, -0.25) is 5.32 Å². The standard InChI is InChI=1S/C21H26N4O4/c1-21(2,3)16-9-10-22-19(25-16)24-14-11-27-18-15(12-28-17(14)18)29-20(26)23-13-7-5-4-6-8-13/h4-10,14-15,17-18H,11-12H2,1-3H3,(H,23,26)(H,22,24,25). The average molecular weight is 398 g/mol. The van der Waals surface area contributed by atoms with Gasteiger partial charge >= 0.3 is 6.09 Å². The molecular weight excluding hydrogens is 372 g/mol. The lowest BCUT2D eigenvalue weighted by atomic mass is 9.92. The number of hydrogen-bond donors (Lipinski definition) is 2. The highest BCUT2D eigenvalue weighted by atomic mass is 16.6. The third-order valence-electron chi connectivity index (χ3n) is 5.03. The number of para-hydroxylation sites is 1. The molecule has 0 saturated carbocycles. The molecular formula is C21H26N4O4. The summed E-state index contributed by atoms with van der Waals surface area (Å²) in [7, 11) is 0. The number of ether oxygens (including phenoxy) is 3. The highest BCUT2D eigenvalue weighted by molar-refractivity contribution is 5.84. The van der Waals surface area contributed by atoms with Crippen molar-refractivity contribution < 1.29 is 19.0 Å². The average Bonchev–Trinajstić information content (AvgIpc) is 3.26. The van der Waals surface area contributed by atoms with Crippen LogP contribution < -0.4 is 10.6 Å². The van der Waals surface area contributed by atoms with Crippen LogP contribution in [0.1, 0.15) is 26.5 Å². The van der Waals surface area contributed by atoms with Crippen LogP contribution >= 0.6 is 0 Å². The normalized spacial score (nSPS) is 26.0. The van der Waals surface area contributed by atoms with E-state index in [1.54, 1.807) is 18.3 Å². The number of hydrogen-bond acceptors (Lipinski definition) is 7. The first-order chi connectivity index (χ1) is 13.9. The topological polar surface area (TPSA) is 94.6 Å². The molecule has 8 heteroatoms. The number of aromatic nitrogens is 2. The van der Waals surface area contributed by atoms with Crippen LogP contribution in [-0.2, 0) is 19.6 Å². The van der Waals surface area contributed by atoms with Gasteiger partial charge in [0.1, 0.15) is 12.2 Å². The second-order valence-corrected chi connectivity index (χ2v) is 8.30. The van der Waals surface area contributed by atoms with E-state index in [1.165, 1.54) is 0 Å². The number of rotatable bonds is 4. The fraction of sp³-hybridized carbons (Fsp3) is 0.476. The third kappa shape index (κ3) is 4.49. The SMILES string of the molecule is CC(C)(C)c1ccnc(NC2COC3C(OC(=O)Nc4ccccc4)COC23)n1. The zero-order valence-corrected chi connectivity index (χ0v) is 16.8. The van der Waals surface area contributed by atoms with Crippen molar-refractivity contribution in [1.29, 1.82) is 0 Å². The maximum Gasteiger partial charge on any atom is 0.412 e. The van der Waals surface area contributed by atoms with E-state index in [-0.39, 0.29) is 23.7 Å². The predicted molar refractivity (Wildman–Crippen MR) is 108 cm³/mol. The number of nitrogens with one attached hydrogen (secondary N) is 2. The largest absolute Gasteiger partial charge is 0.441 e. The molecule has 0 aliphatic carbocycles. The van der Waals surface area contributed by atoms with E-state index in [4.69, 9.17) is 14.2 Å². The minimum Gasteiger partial charge on any atom is -0.441 e. The molecule has 4 atom stereocenters. The number of fused-ring (bicyclic) bond motifs is 1. The smallest absolute Gasteiger partial charge is 0.412 e. The molecule has 3 heterocycles. The van der Waals surface area contributed by atoms with Crippen LogP contribution in [0.3, 0.4) is 0 Å². The Bertz CT molecular complexity index is 855. The minimum atomic E-state index is -0.522. The Morgan fingerprint density at radius 2 is 1.86 bits per heavy atom. The summed E-state index contributed by atoms with van der Waals surface area (Å²) in [5.41, 5.74) is 1.57. The van der Waals surface area contributed by atoms with Gasteiger partial charge in [-0.25, -0.2) is 14.8 Å². The number of nitrogens with zero attached hydrogens (tertiary/aromatic N) is 2. The fourth-order valence-corrected chi connectivity index (χ4v) is 3.51. The number of amides is 1. The predicted octanol–water partition coefficient (Wildman–Crippen LogP) is 2.97. The minimum absolute atomic E-state index is 0.0665. The zero-order valence-electron chi connectivity index (χ0n) is 16.8. The highest BCUT2D eigenvalue weighted by Gasteiger charge is 2.49. The van der Waals surface area contributed by atoms with Crippen LogP contribution in [0.25, 0.3) is 0 Å². The molecule has 29 heavy (non-hydrogen) atoms. The van der Waals surface area contributed by atoms with Gasteiger partial charge in [0.15, 0.2) is 6.10 Å². The van der Waals surface area contributed by atoms with Gasteiger partial charge in [0.2, 0.25) is 5.95 Å².